The highest BCUT2D eigenvalue weighted by atomic mass is 16.5. The van der Waals surface area contributed by atoms with Gasteiger partial charge in [-0.15, -0.1) is 0 Å². The normalized spacial score (nSPS) is 14.2. The van der Waals surface area contributed by atoms with E-state index in [1.54, 1.807) is 7.11 Å². The minimum Gasteiger partial charge on any atom is -0.383 e. The van der Waals surface area contributed by atoms with Gasteiger partial charge in [-0.1, -0.05) is 6.92 Å². The Morgan fingerprint density at radius 2 is 1.87 bits per heavy atom. The van der Waals surface area contributed by atoms with Crippen LogP contribution in [0.4, 0.5) is 0 Å². The highest BCUT2D eigenvalue weighted by molar-refractivity contribution is 4.61. The fourth-order valence-electron chi connectivity index (χ4n) is 1.19. The molecule has 0 fully saturated rings. The molecule has 0 heterocycles. The van der Waals surface area contributed by atoms with E-state index in [-0.39, 0.29) is 5.60 Å². The van der Waals surface area contributed by atoms with Crippen molar-refractivity contribution < 1.29 is 9.47 Å². The fourth-order valence-corrected chi connectivity index (χ4v) is 1.19. The maximum absolute atomic E-state index is 5.67. The second-order valence-corrected chi connectivity index (χ2v) is 5.05. The van der Waals surface area contributed by atoms with Crippen molar-refractivity contribution >= 4 is 0 Å². The molecule has 3 heteroatoms. The first-order chi connectivity index (χ1) is 6.95. The van der Waals surface area contributed by atoms with Gasteiger partial charge in [-0.25, -0.2) is 0 Å². The predicted molar refractivity (Wildman–Crippen MR) is 64.2 cm³/mol. The second kappa shape index (κ2) is 8.08. The molecular formula is C12H27NO2. The molecule has 0 aliphatic heterocycles. The Kier molecular flexibility index (Phi) is 8.02. The quantitative estimate of drug-likeness (QED) is 0.631. The van der Waals surface area contributed by atoms with E-state index >= 15 is 0 Å². The van der Waals surface area contributed by atoms with Crippen molar-refractivity contribution in [2.75, 3.05) is 33.4 Å². The standard InChI is InChI=1S/C12H27NO2/c1-11(10-13-7-9-14-5)6-8-15-12(2,3)4/h11,13H,6-10H2,1-5H3. The van der Waals surface area contributed by atoms with E-state index in [2.05, 4.69) is 33.0 Å². The lowest BCUT2D eigenvalue weighted by molar-refractivity contribution is -0.00846. The van der Waals surface area contributed by atoms with Gasteiger partial charge in [0.25, 0.3) is 0 Å². The molecule has 1 unspecified atom stereocenters. The fraction of sp³-hybridized carbons (Fsp3) is 1.00. The van der Waals surface area contributed by atoms with Gasteiger partial charge in [-0.3, -0.25) is 0 Å². The summed E-state index contributed by atoms with van der Waals surface area (Å²) in [4.78, 5) is 0. The van der Waals surface area contributed by atoms with Gasteiger partial charge in [-0.05, 0) is 39.7 Å². The largest absolute Gasteiger partial charge is 0.383 e. The molecule has 0 aliphatic rings. The van der Waals surface area contributed by atoms with E-state index in [9.17, 15) is 0 Å². The van der Waals surface area contributed by atoms with E-state index in [4.69, 9.17) is 9.47 Å². The SMILES string of the molecule is COCCNCC(C)CCOC(C)(C)C. The average molecular weight is 217 g/mol. The highest BCUT2D eigenvalue weighted by Gasteiger charge is 2.10. The van der Waals surface area contributed by atoms with Crippen molar-refractivity contribution in [1.29, 1.82) is 0 Å². The van der Waals surface area contributed by atoms with Crippen LogP contribution in [0.25, 0.3) is 0 Å². The molecule has 0 aromatic heterocycles. The van der Waals surface area contributed by atoms with Crippen LogP contribution in [0.1, 0.15) is 34.1 Å². The molecule has 0 spiro atoms. The molecule has 1 atom stereocenters. The van der Waals surface area contributed by atoms with Crippen LogP contribution in [0, 0.1) is 5.92 Å². The summed E-state index contributed by atoms with van der Waals surface area (Å²) in [6.45, 7) is 12.1. The Morgan fingerprint density at radius 3 is 2.40 bits per heavy atom. The summed E-state index contributed by atoms with van der Waals surface area (Å²) in [7, 11) is 1.72. The van der Waals surface area contributed by atoms with Gasteiger partial charge in [0.05, 0.1) is 12.2 Å². The minimum absolute atomic E-state index is 0.0107. The van der Waals surface area contributed by atoms with Crippen LogP contribution in [0.15, 0.2) is 0 Å². The average Bonchev–Trinajstić information content (AvgIpc) is 2.10. The summed E-state index contributed by atoms with van der Waals surface area (Å²) >= 11 is 0. The van der Waals surface area contributed by atoms with E-state index < -0.39 is 0 Å². The minimum atomic E-state index is -0.0107. The number of ether oxygens (including phenoxy) is 2. The lowest BCUT2D eigenvalue weighted by Crippen LogP contribution is -2.26. The van der Waals surface area contributed by atoms with Crippen LogP contribution in [-0.4, -0.2) is 39.0 Å². The zero-order valence-electron chi connectivity index (χ0n) is 10.9. The Labute approximate surface area is 94.5 Å². The molecule has 15 heavy (non-hydrogen) atoms. The maximum atomic E-state index is 5.67. The van der Waals surface area contributed by atoms with Crippen molar-refractivity contribution in [3.05, 3.63) is 0 Å². The van der Waals surface area contributed by atoms with Crippen LogP contribution in [0.2, 0.25) is 0 Å². The molecule has 0 amide bonds. The van der Waals surface area contributed by atoms with Crippen LogP contribution >= 0.6 is 0 Å². The molecular weight excluding hydrogens is 190 g/mol. The molecule has 92 valence electrons. The lowest BCUT2D eigenvalue weighted by atomic mass is 10.1. The van der Waals surface area contributed by atoms with Crippen molar-refractivity contribution in [3.63, 3.8) is 0 Å². The van der Waals surface area contributed by atoms with E-state index in [1.807, 2.05) is 0 Å². The third-order valence-electron chi connectivity index (χ3n) is 2.12. The van der Waals surface area contributed by atoms with Gasteiger partial charge in [0, 0.05) is 20.3 Å². The first-order valence-electron chi connectivity index (χ1n) is 5.79. The van der Waals surface area contributed by atoms with Gasteiger partial charge in [0.15, 0.2) is 0 Å². The molecule has 0 saturated carbocycles. The third-order valence-corrected chi connectivity index (χ3v) is 2.12. The first kappa shape index (κ1) is 14.9. The van der Waals surface area contributed by atoms with Gasteiger partial charge >= 0.3 is 0 Å². The van der Waals surface area contributed by atoms with Crippen molar-refractivity contribution in [1.82, 2.24) is 5.32 Å². The third kappa shape index (κ3) is 11.8. The molecule has 3 nitrogen and oxygen atoms in total. The molecule has 0 aromatic carbocycles. The van der Waals surface area contributed by atoms with Crippen molar-refractivity contribution in [2.45, 2.75) is 39.7 Å². The van der Waals surface area contributed by atoms with Crippen molar-refractivity contribution in [2.24, 2.45) is 5.92 Å². The molecule has 0 bridgehead atoms. The molecule has 0 rings (SSSR count). The molecule has 0 saturated heterocycles. The van der Waals surface area contributed by atoms with Gasteiger partial charge in [0.1, 0.15) is 0 Å². The monoisotopic (exact) mass is 217 g/mol. The zero-order valence-corrected chi connectivity index (χ0v) is 10.9. The summed E-state index contributed by atoms with van der Waals surface area (Å²) < 4.78 is 10.6. The number of nitrogens with one attached hydrogen (secondary N) is 1. The summed E-state index contributed by atoms with van der Waals surface area (Å²) in [5.74, 6) is 0.657. The second-order valence-electron chi connectivity index (χ2n) is 5.05. The van der Waals surface area contributed by atoms with Gasteiger partial charge in [-0.2, -0.15) is 0 Å². The molecule has 0 aromatic rings. The molecule has 0 radical (unpaired) electrons. The Hall–Kier alpha value is -0.120. The maximum Gasteiger partial charge on any atom is 0.0598 e. The number of hydrogen-bond donors (Lipinski definition) is 1. The molecule has 1 N–H and O–H groups in total. The van der Waals surface area contributed by atoms with Crippen LogP contribution in [0.5, 0.6) is 0 Å². The smallest absolute Gasteiger partial charge is 0.0598 e. The van der Waals surface area contributed by atoms with Crippen LogP contribution < -0.4 is 5.32 Å². The van der Waals surface area contributed by atoms with E-state index in [1.165, 1.54) is 0 Å². The van der Waals surface area contributed by atoms with Gasteiger partial charge in [0.2, 0.25) is 0 Å². The number of methoxy groups -OCH3 is 1. The number of hydrogen-bond acceptors (Lipinski definition) is 3. The lowest BCUT2D eigenvalue weighted by Gasteiger charge is -2.21. The predicted octanol–water partition coefficient (Wildman–Crippen LogP) is 2.06. The molecule has 0 aliphatic carbocycles. The van der Waals surface area contributed by atoms with Crippen LogP contribution in [0.3, 0.4) is 0 Å². The first-order valence-corrected chi connectivity index (χ1v) is 5.79. The summed E-state index contributed by atoms with van der Waals surface area (Å²) in [6.07, 6.45) is 1.11. The zero-order chi connectivity index (χ0) is 11.7. The van der Waals surface area contributed by atoms with E-state index in [0.717, 1.165) is 32.7 Å². The van der Waals surface area contributed by atoms with Crippen LogP contribution in [-0.2, 0) is 9.47 Å². The van der Waals surface area contributed by atoms with E-state index in [0.29, 0.717) is 5.92 Å². The summed E-state index contributed by atoms with van der Waals surface area (Å²) in [6, 6.07) is 0. The Bertz CT molecular complexity index is 143. The summed E-state index contributed by atoms with van der Waals surface area (Å²) in [5.41, 5.74) is -0.0107. The Balaban J connectivity index is 3.29. The summed E-state index contributed by atoms with van der Waals surface area (Å²) in [5, 5.41) is 3.35. The van der Waals surface area contributed by atoms with Gasteiger partial charge < -0.3 is 14.8 Å². The number of rotatable bonds is 8. The highest BCUT2D eigenvalue weighted by Crippen LogP contribution is 2.09. The Morgan fingerprint density at radius 1 is 1.20 bits per heavy atom. The topological polar surface area (TPSA) is 30.5 Å². The van der Waals surface area contributed by atoms with Crippen molar-refractivity contribution in [3.8, 4) is 0 Å².